The van der Waals surface area contributed by atoms with Gasteiger partial charge in [0.2, 0.25) is 10.0 Å². The second-order valence-corrected chi connectivity index (χ2v) is 6.97. The van der Waals surface area contributed by atoms with E-state index in [9.17, 15) is 12.8 Å². The molecular weight excluding hydrogens is 313 g/mol. The SMILES string of the molecule is Cc1csc(C(C)NS(=O)(=O)c2cccc(F)c2C#N)n1. The van der Waals surface area contributed by atoms with Crippen LogP contribution in [-0.4, -0.2) is 13.4 Å². The first-order valence-corrected chi connectivity index (χ1v) is 8.34. The lowest BCUT2D eigenvalue weighted by Crippen LogP contribution is -2.27. The lowest BCUT2D eigenvalue weighted by atomic mass is 10.2. The quantitative estimate of drug-likeness (QED) is 0.936. The molecule has 1 atom stereocenters. The van der Waals surface area contributed by atoms with Gasteiger partial charge in [0.05, 0.1) is 6.04 Å². The summed E-state index contributed by atoms with van der Waals surface area (Å²) < 4.78 is 40.5. The number of benzene rings is 1. The fourth-order valence-corrected chi connectivity index (χ4v) is 4.01. The summed E-state index contributed by atoms with van der Waals surface area (Å²) in [6.07, 6.45) is 0. The Kier molecular flexibility index (Phi) is 4.37. The molecule has 0 saturated carbocycles. The van der Waals surface area contributed by atoms with Gasteiger partial charge in [-0.15, -0.1) is 11.3 Å². The van der Waals surface area contributed by atoms with Crippen molar-refractivity contribution in [2.24, 2.45) is 0 Å². The van der Waals surface area contributed by atoms with Gasteiger partial charge >= 0.3 is 0 Å². The fraction of sp³-hybridized carbons (Fsp3) is 0.231. The highest BCUT2D eigenvalue weighted by Gasteiger charge is 2.24. The molecule has 2 rings (SSSR count). The van der Waals surface area contributed by atoms with Crippen molar-refractivity contribution in [1.82, 2.24) is 9.71 Å². The van der Waals surface area contributed by atoms with Crippen molar-refractivity contribution in [3.63, 3.8) is 0 Å². The number of aromatic nitrogens is 1. The van der Waals surface area contributed by atoms with E-state index >= 15 is 0 Å². The minimum absolute atomic E-state index is 0.370. The van der Waals surface area contributed by atoms with Gasteiger partial charge < -0.3 is 0 Å². The van der Waals surface area contributed by atoms with Crippen molar-refractivity contribution in [3.05, 3.63) is 45.7 Å². The first kappa shape index (κ1) is 15.6. The highest BCUT2D eigenvalue weighted by Crippen LogP contribution is 2.23. The van der Waals surface area contributed by atoms with Gasteiger partial charge in [0.25, 0.3) is 0 Å². The van der Waals surface area contributed by atoms with Crippen LogP contribution in [0, 0.1) is 24.1 Å². The van der Waals surface area contributed by atoms with Crippen molar-refractivity contribution in [1.29, 1.82) is 5.26 Å². The third kappa shape index (κ3) is 3.26. The van der Waals surface area contributed by atoms with Crippen molar-refractivity contribution in [3.8, 4) is 6.07 Å². The highest BCUT2D eigenvalue weighted by molar-refractivity contribution is 7.89. The summed E-state index contributed by atoms with van der Waals surface area (Å²) in [6, 6.07) is 4.51. The van der Waals surface area contributed by atoms with Crippen LogP contribution in [0.3, 0.4) is 0 Å². The molecule has 0 saturated heterocycles. The third-order valence-corrected chi connectivity index (χ3v) is 5.44. The second-order valence-electron chi connectivity index (χ2n) is 4.39. The van der Waals surface area contributed by atoms with Gasteiger partial charge in [0, 0.05) is 11.1 Å². The maximum absolute atomic E-state index is 13.5. The van der Waals surface area contributed by atoms with Crippen LogP contribution in [0.4, 0.5) is 4.39 Å². The van der Waals surface area contributed by atoms with E-state index in [0.29, 0.717) is 5.01 Å². The Hall–Kier alpha value is -1.82. The van der Waals surface area contributed by atoms with E-state index in [1.165, 1.54) is 23.5 Å². The van der Waals surface area contributed by atoms with Crippen molar-refractivity contribution in [2.45, 2.75) is 24.8 Å². The average Bonchev–Trinajstić information content (AvgIpc) is 2.85. The van der Waals surface area contributed by atoms with Crippen molar-refractivity contribution < 1.29 is 12.8 Å². The van der Waals surface area contributed by atoms with Gasteiger partial charge in [0.1, 0.15) is 27.4 Å². The van der Waals surface area contributed by atoms with E-state index < -0.39 is 27.4 Å². The number of aryl methyl sites for hydroxylation is 1. The number of hydrogen-bond acceptors (Lipinski definition) is 5. The number of thiazole rings is 1. The Labute approximate surface area is 126 Å². The molecule has 0 amide bonds. The molecule has 2 aromatic rings. The third-order valence-electron chi connectivity index (χ3n) is 2.72. The number of halogens is 1. The summed E-state index contributed by atoms with van der Waals surface area (Å²) in [6.45, 7) is 3.45. The van der Waals surface area contributed by atoms with Crippen LogP contribution >= 0.6 is 11.3 Å². The molecule has 0 bridgehead atoms. The number of nitrogens with one attached hydrogen (secondary N) is 1. The monoisotopic (exact) mass is 325 g/mol. The molecule has 5 nitrogen and oxygen atoms in total. The topological polar surface area (TPSA) is 82.9 Å². The molecule has 0 fully saturated rings. The second kappa shape index (κ2) is 5.89. The predicted octanol–water partition coefficient (Wildman–Crippen LogP) is 2.50. The summed E-state index contributed by atoms with van der Waals surface area (Å²) in [7, 11) is -4.01. The van der Waals surface area contributed by atoms with Crippen LogP contribution < -0.4 is 4.72 Å². The molecular formula is C13H12FN3O2S2. The molecule has 0 radical (unpaired) electrons. The normalized spacial score (nSPS) is 12.9. The van der Waals surface area contributed by atoms with E-state index in [4.69, 9.17) is 5.26 Å². The van der Waals surface area contributed by atoms with Crippen LogP contribution in [0.1, 0.15) is 29.2 Å². The van der Waals surface area contributed by atoms with Crippen molar-refractivity contribution >= 4 is 21.4 Å². The Morgan fingerprint density at radius 3 is 2.76 bits per heavy atom. The van der Waals surface area contributed by atoms with Gasteiger partial charge in [-0.3, -0.25) is 0 Å². The molecule has 0 aliphatic heterocycles. The Morgan fingerprint density at radius 1 is 1.48 bits per heavy atom. The van der Waals surface area contributed by atoms with Crippen LogP contribution in [0.25, 0.3) is 0 Å². The van der Waals surface area contributed by atoms with Crippen LogP contribution in [-0.2, 0) is 10.0 Å². The maximum Gasteiger partial charge on any atom is 0.242 e. The number of nitrogens with zero attached hydrogens (tertiary/aromatic N) is 2. The lowest BCUT2D eigenvalue weighted by molar-refractivity contribution is 0.562. The van der Waals surface area contributed by atoms with Gasteiger partial charge in [-0.05, 0) is 26.0 Å². The largest absolute Gasteiger partial charge is 0.245 e. The Bertz CT molecular complexity index is 809. The standard InChI is InChI=1S/C13H12FN3O2S2/c1-8-7-20-13(16-8)9(2)17-21(18,19)12-5-3-4-11(14)10(12)6-15/h3-5,7,9,17H,1-2H3. The number of hydrogen-bond donors (Lipinski definition) is 1. The minimum atomic E-state index is -4.01. The average molecular weight is 325 g/mol. The van der Waals surface area contributed by atoms with Crippen molar-refractivity contribution in [2.75, 3.05) is 0 Å². The first-order chi connectivity index (χ1) is 9.85. The molecule has 110 valence electrons. The van der Waals surface area contributed by atoms with Crippen LogP contribution in [0.2, 0.25) is 0 Å². The molecule has 1 aromatic heterocycles. The lowest BCUT2D eigenvalue weighted by Gasteiger charge is -2.13. The molecule has 0 aliphatic rings. The summed E-state index contributed by atoms with van der Waals surface area (Å²) in [5.41, 5.74) is 0.303. The fourth-order valence-electron chi connectivity index (χ4n) is 1.75. The van der Waals surface area contributed by atoms with Gasteiger partial charge in [-0.2, -0.15) is 5.26 Å². The molecule has 1 unspecified atom stereocenters. The Balaban J connectivity index is 2.36. The Morgan fingerprint density at radius 2 is 2.19 bits per heavy atom. The van der Waals surface area contributed by atoms with Crippen LogP contribution in [0.15, 0.2) is 28.5 Å². The van der Waals surface area contributed by atoms with Gasteiger partial charge in [-0.1, -0.05) is 6.07 Å². The molecule has 1 heterocycles. The molecule has 1 aromatic carbocycles. The van der Waals surface area contributed by atoms with E-state index in [1.54, 1.807) is 13.0 Å². The molecule has 8 heteroatoms. The molecule has 0 spiro atoms. The van der Waals surface area contributed by atoms with E-state index in [0.717, 1.165) is 11.8 Å². The maximum atomic E-state index is 13.5. The number of nitriles is 1. The zero-order valence-electron chi connectivity index (χ0n) is 11.3. The van der Waals surface area contributed by atoms with E-state index in [1.807, 2.05) is 12.3 Å². The first-order valence-electron chi connectivity index (χ1n) is 5.98. The minimum Gasteiger partial charge on any atom is -0.245 e. The number of sulfonamides is 1. The zero-order valence-corrected chi connectivity index (χ0v) is 12.9. The van der Waals surface area contributed by atoms with Gasteiger partial charge in [-0.25, -0.2) is 22.5 Å². The zero-order chi connectivity index (χ0) is 15.6. The van der Waals surface area contributed by atoms with Crippen LogP contribution in [0.5, 0.6) is 0 Å². The smallest absolute Gasteiger partial charge is 0.242 e. The highest BCUT2D eigenvalue weighted by atomic mass is 32.2. The summed E-state index contributed by atoms with van der Waals surface area (Å²) in [4.78, 5) is 3.83. The molecule has 21 heavy (non-hydrogen) atoms. The number of rotatable bonds is 4. The van der Waals surface area contributed by atoms with E-state index in [2.05, 4.69) is 9.71 Å². The van der Waals surface area contributed by atoms with Gasteiger partial charge in [0.15, 0.2) is 0 Å². The summed E-state index contributed by atoms with van der Waals surface area (Å²) in [5.74, 6) is -0.863. The van der Waals surface area contributed by atoms with E-state index in [-0.39, 0.29) is 4.90 Å². The summed E-state index contributed by atoms with van der Waals surface area (Å²) in [5, 5.41) is 11.3. The molecule has 0 aliphatic carbocycles. The predicted molar refractivity (Wildman–Crippen MR) is 76.7 cm³/mol. The molecule has 1 N–H and O–H groups in total. The summed E-state index contributed by atoms with van der Waals surface area (Å²) >= 11 is 1.33.